The van der Waals surface area contributed by atoms with Crippen molar-refractivity contribution in [2.45, 2.75) is 0 Å². The smallest absolute Gasteiger partial charge is 0.258 e. The van der Waals surface area contributed by atoms with Gasteiger partial charge in [-0.3, -0.25) is 20.2 Å². The van der Waals surface area contributed by atoms with Crippen LogP contribution in [0.15, 0.2) is 12.1 Å². The van der Waals surface area contributed by atoms with E-state index in [-0.39, 0.29) is 12.1 Å². The highest BCUT2D eigenvalue weighted by molar-refractivity contribution is 6.25. The molecule has 0 aliphatic heterocycles. The zero-order valence-corrected chi connectivity index (χ0v) is 10.1. The van der Waals surface area contributed by atoms with E-state index in [4.69, 9.17) is 23.2 Å². The van der Waals surface area contributed by atoms with Crippen LogP contribution in [0.2, 0.25) is 0 Å². The molecule has 0 aliphatic rings. The fraction of sp³-hybridized carbons (Fsp3) is 0.250. The second kappa shape index (κ2) is 7.72. The molecule has 0 saturated carbocycles. The molecular formula is C8H6Cl2F2N2O4. The number of halogens is 4. The first kappa shape index (κ1) is 16.5. The third-order valence-corrected chi connectivity index (χ3v) is 2.05. The number of alkyl halides is 2. The Balaban J connectivity index is 0.000000631. The van der Waals surface area contributed by atoms with Crippen LogP contribution < -0.4 is 0 Å². The van der Waals surface area contributed by atoms with Gasteiger partial charge in [0.15, 0.2) is 0 Å². The number of nitrogens with zero attached hydrogens (tertiary/aromatic N) is 2. The number of hydrogen-bond donors (Lipinski definition) is 0. The Labute approximate surface area is 109 Å². The minimum absolute atomic E-state index is 0.107. The Bertz CT molecular complexity index is 422. The Morgan fingerprint density at radius 1 is 0.944 bits per heavy atom. The van der Waals surface area contributed by atoms with E-state index >= 15 is 0 Å². The summed E-state index contributed by atoms with van der Waals surface area (Å²) in [7, 11) is 0. The molecule has 0 spiro atoms. The first-order valence-corrected chi connectivity index (χ1v) is 5.31. The Kier molecular flexibility index (Phi) is 7.06. The maximum atomic E-state index is 12.6. The predicted octanol–water partition coefficient (Wildman–Crippen LogP) is 3.25. The monoisotopic (exact) mass is 302 g/mol. The molecule has 0 unspecified atom stereocenters. The van der Waals surface area contributed by atoms with E-state index in [1.54, 1.807) is 0 Å². The number of rotatable bonds is 3. The van der Waals surface area contributed by atoms with Crippen LogP contribution in [-0.4, -0.2) is 21.6 Å². The molecule has 6 nitrogen and oxygen atoms in total. The van der Waals surface area contributed by atoms with Crippen LogP contribution >= 0.6 is 23.2 Å². The van der Waals surface area contributed by atoms with Gasteiger partial charge in [0.05, 0.1) is 9.85 Å². The summed E-state index contributed by atoms with van der Waals surface area (Å²) in [5.41, 5.74) is -2.25. The summed E-state index contributed by atoms with van der Waals surface area (Å²) < 4.78 is 25.3. The van der Waals surface area contributed by atoms with Crippen molar-refractivity contribution in [1.29, 1.82) is 0 Å². The van der Waals surface area contributed by atoms with Crippen molar-refractivity contribution in [3.63, 3.8) is 0 Å². The summed E-state index contributed by atoms with van der Waals surface area (Å²) in [5.74, 6) is -1.78. The van der Waals surface area contributed by atoms with E-state index < -0.39 is 32.9 Å². The van der Waals surface area contributed by atoms with Gasteiger partial charge in [-0.25, -0.2) is 0 Å². The van der Waals surface area contributed by atoms with E-state index in [0.717, 1.165) is 0 Å². The number of hydrogen-bond acceptors (Lipinski definition) is 4. The molecule has 0 aliphatic carbocycles. The van der Waals surface area contributed by atoms with Crippen LogP contribution in [0.4, 0.5) is 20.2 Å². The lowest BCUT2D eigenvalue weighted by atomic mass is 10.2. The van der Waals surface area contributed by atoms with Crippen LogP contribution in [0.1, 0.15) is 0 Å². The number of nitro groups is 2. The Morgan fingerprint density at radius 2 is 1.28 bits per heavy atom. The van der Waals surface area contributed by atoms with Crippen LogP contribution in [0.25, 0.3) is 0 Å². The van der Waals surface area contributed by atoms with E-state index in [1.807, 2.05) is 0 Å². The van der Waals surface area contributed by atoms with E-state index in [0.29, 0.717) is 11.8 Å². The highest BCUT2D eigenvalue weighted by atomic mass is 35.5. The first-order valence-electron chi connectivity index (χ1n) is 4.24. The zero-order valence-electron chi connectivity index (χ0n) is 8.61. The van der Waals surface area contributed by atoms with E-state index in [2.05, 4.69) is 0 Å². The van der Waals surface area contributed by atoms with Gasteiger partial charge in [0.25, 0.3) is 0 Å². The lowest BCUT2D eigenvalue weighted by Gasteiger charge is -1.95. The Hall–Kier alpha value is -1.54. The molecule has 1 aromatic carbocycles. The molecule has 18 heavy (non-hydrogen) atoms. The minimum atomic E-state index is -1.45. The van der Waals surface area contributed by atoms with E-state index in [9.17, 15) is 29.0 Å². The summed E-state index contributed by atoms with van der Waals surface area (Å²) in [6.07, 6.45) is 0. The van der Waals surface area contributed by atoms with Crippen molar-refractivity contribution in [3.05, 3.63) is 44.0 Å². The van der Waals surface area contributed by atoms with Crippen LogP contribution in [0, 0.1) is 31.9 Å². The van der Waals surface area contributed by atoms with Gasteiger partial charge in [-0.2, -0.15) is 8.78 Å². The molecular weight excluding hydrogens is 297 g/mol. The van der Waals surface area contributed by atoms with Crippen LogP contribution in [0.3, 0.4) is 0 Å². The predicted molar refractivity (Wildman–Crippen MR) is 61.1 cm³/mol. The van der Waals surface area contributed by atoms with Gasteiger partial charge in [-0.05, 0) is 0 Å². The average Bonchev–Trinajstić information content (AvgIpc) is 2.28. The van der Waals surface area contributed by atoms with Crippen LogP contribution in [-0.2, 0) is 0 Å². The molecule has 10 heteroatoms. The lowest BCUT2D eigenvalue weighted by Crippen LogP contribution is -1.98. The fourth-order valence-electron chi connectivity index (χ4n) is 0.806. The Morgan fingerprint density at radius 3 is 1.50 bits per heavy atom. The number of benzene rings is 1. The number of nitro benzene ring substituents is 2. The molecule has 0 aromatic heterocycles. The fourth-order valence-corrected chi connectivity index (χ4v) is 0.806. The summed E-state index contributed by atoms with van der Waals surface area (Å²) >= 11 is 10.1. The minimum Gasteiger partial charge on any atom is -0.258 e. The SMILES string of the molecule is ClCCCl.O=[N+]([O-])c1cc([N+](=O)[O-])c(F)cc1F. The third kappa shape index (κ3) is 4.76. The molecule has 0 saturated heterocycles. The van der Waals surface area contributed by atoms with Crippen molar-refractivity contribution in [2.75, 3.05) is 11.8 Å². The molecule has 0 bridgehead atoms. The quantitative estimate of drug-likeness (QED) is 0.487. The van der Waals surface area contributed by atoms with E-state index in [1.165, 1.54) is 0 Å². The largest absolute Gasteiger partial charge is 0.311 e. The van der Waals surface area contributed by atoms with Gasteiger partial charge >= 0.3 is 11.4 Å². The van der Waals surface area contributed by atoms with Crippen LogP contribution in [0.5, 0.6) is 0 Å². The second-order valence-electron chi connectivity index (χ2n) is 2.65. The first-order chi connectivity index (χ1) is 8.34. The summed E-state index contributed by atoms with van der Waals surface area (Å²) in [6, 6.07) is 0.348. The van der Waals surface area contributed by atoms with Gasteiger partial charge in [0.2, 0.25) is 11.6 Å². The maximum absolute atomic E-state index is 12.6. The van der Waals surface area contributed by atoms with Crippen molar-refractivity contribution in [2.24, 2.45) is 0 Å². The van der Waals surface area contributed by atoms with Gasteiger partial charge < -0.3 is 0 Å². The zero-order chi connectivity index (χ0) is 14.3. The molecule has 0 atom stereocenters. The van der Waals surface area contributed by atoms with Gasteiger partial charge in [0.1, 0.15) is 6.07 Å². The normalized spacial score (nSPS) is 9.33. The molecule has 0 amide bonds. The standard InChI is InChI=1S/C6H2F2N2O4.C2H4Cl2/c7-3-1-4(8)6(10(13)14)2-5(3)9(11)12;3-1-2-4/h1-2H;1-2H2. The highest BCUT2D eigenvalue weighted by Gasteiger charge is 2.24. The summed E-state index contributed by atoms with van der Waals surface area (Å²) in [4.78, 5) is 17.9. The third-order valence-electron chi connectivity index (χ3n) is 1.48. The van der Waals surface area contributed by atoms with Crippen molar-refractivity contribution >= 4 is 34.6 Å². The maximum Gasteiger partial charge on any atom is 0.311 e. The van der Waals surface area contributed by atoms with Crippen molar-refractivity contribution in [1.82, 2.24) is 0 Å². The average molecular weight is 303 g/mol. The van der Waals surface area contributed by atoms with Gasteiger partial charge in [0, 0.05) is 17.8 Å². The van der Waals surface area contributed by atoms with Crippen molar-refractivity contribution in [3.8, 4) is 0 Å². The lowest BCUT2D eigenvalue weighted by molar-refractivity contribution is -0.397. The molecule has 1 aromatic rings. The van der Waals surface area contributed by atoms with Gasteiger partial charge in [-0.15, -0.1) is 23.2 Å². The topological polar surface area (TPSA) is 86.3 Å². The van der Waals surface area contributed by atoms with Gasteiger partial charge in [-0.1, -0.05) is 0 Å². The molecule has 0 heterocycles. The molecule has 0 N–H and O–H groups in total. The van der Waals surface area contributed by atoms with Crippen molar-refractivity contribution < 1.29 is 18.6 Å². The molecule has 0 radical (unpaired) electrons. The molecule has 1 rings (SSSR count). The summed E-state index contributed by atoms with van der Waals surface area (Å²) in [6.45, 7) is 0. The molecule has 100 valence electrons. The summed E-state index contributed by atoms with van der Waals surface area (Å²) in [5, 5.41) is 20.3. The second-order valence-corrected chi connectivity index (χ2v) is 3.40. The molecule has 0 fully saturated rings. The highest BCUT2D eigenvalue weighted by Crippen LogP contribution is 2.26.